The third kappa shape index (κ3) is 3.54. The number of benzene rings is 1. The van der Waals surface area contributed by atoms with Gasteiger partial charge < -0.3 is 10.4 Å². The summed E-state index contributed by atoms with van der Waals surface area (Å²) in [5, 5.41) is 12.9. The summed E-state index contributed by atoms with van der Waals surface area (Å²) in [6.07, 6.45) is -0.0431. The van der Waals surface area contributed by atoms with Crippen molar-refractivity contribution >= 4 is 0 Å². The van der Waals surface area contributed by atoms with Crippen LogP contribution in [-0.2, 0) is 6.42 Å². The highest BCUT2D eigenvalue weighted by Gasteiger charge is 2.23. The summed E-state index contributed by atoms with van der Waals surface area (Å²) in [6, 6.07) is 3.71. The molecule has 0 spiro atoms. The van der Waals surface area contributed by atoms with E-state index < -0.39 is 17.2 Å². The zero-order valence-corrected chi connectivity index (χ0v) is 9.56. The summed E-state index contributed by atoms with van der Waals surface area (Å²) in [6.45, 7) is 4.47. The van der Waals surface area contributed by atoms with Crippen LogP contribution in [0.1, 0.15) is 19.4 Å². The number of halogens is 2. The molecule has 0 saturated carbocycles. The maximum absolute atomic E-state index is 13.3. The molecule has 0 amide bonds. The summed E-state index contributed by atoms with van der Waals surface area (Å²) >= 11 is 0. The van der Waals surface area contributed by atoms with Crippen molar-refractivity contribution in [1.82, 2.24) is 5.32 Å². The molecule has 0 saturated heterocycles. The molecule has 0 fully saturated rings. The van der Waals surface area contributed by atoms with Gasteiger partial charge in [0.05, 0.1) is 5.60 Å². The van der Waals surface area contributed by atoms with E-state index >= 15 is 0 Å². The summed E-state index contributed by atoms with van der Waals surface area (Å²) in [4.78, 5) is 0. The number of nitrogens with one attached hydrogen (secondary N) is 1. The summed E-state index contributed by atoms with van der Waals surface area (Å²) in [7, 11) is 0. The van der Waals surface area contributed by atoms with Gasteiger partial charge in [-0.05, 0) is 25.6 Å². The monoisotopic (exact) mass is 229 g/mol. The van der Waals surface area contributed by atoms with Crippen LogP contribution in [0.5, 0.6) is 0 Å². The highest BCUT2D eigenvalue weighted by Crippen LogP contribution is 2.18. The molecule has 90 valence electrons. The Bertz CT molecular complexity index is 333. The van der Waals surface area contributed by atoms with Crippen molar-refractivity contribution in [3.05, 3.63) is 35.4 Å². The molecule has 1 atom stereocenters. The normalized spacial score (nSPS) is 14.8. The molecule has 2 nitrogen and oxygen atoms in total. The largest absolute Gasteiger partial charge is 0.389 e. The van der Waals surface area contributed by atoms with Crippen LogP contribution in [-0.4, -0.2) is 23.8 Å². The lowest BCUT2D eigenvalue weighted by Gasteiger charge is -2.24. The molecule has 0 bridgehead atoms. The van der Waals surface area contributed by atoms with Crippen molar-refractivity contribution in [2.75, 3.05) is 13.1 Å². The molecule has 16 heavy (non-hydrogen) atoms. The van der Waals surface area contributed by atoms with E-state index in [1.807, 2.05) is 6.92 Å². The van der Waals surface area contributed by atoms with E-state index in [2.05, 4.69) is 5.32 Å². The van der Waals surface area contributed by atoms with E-state index in [1.54, 1.807) is 6.92 Å². The van der Waals surface area contributed by atoms with E-state index in [-0.39, 0.29) is 12.0 Å². The second-order valence-electron chi connectivity index (χ2n) is 4.15. The summed E-state index contributed by atoms with van der Waals surface area (Å²) in [5.74, 6) is -1.23. The second-order valence-corrected chi connectivity index (χ2v) is 4.15. The van der Waals surface area contributed by atoms with Crippen LogP contribution in [0.25, 0.3) is 0 Å². The van der Waals surface area contributed by atoms with Crippen LogP contribution in [0.4, 0.5) is 8.78 Å². The van der Waals surface area contributed by atoms with Gasteiger partial charge in [-0.1, -0.05) is 13.0 Å². The minimum atomic E-state index is -1.15. The zero-order valence-electron chi connectivity index (χ0n) is 9.56. The number of rotatable bonds is 5. The third-order valence-corrected chi connectivity index (χ3v) is 2.38. The fourth-order valence-electron chi connectivity index (χ4n) is 1.54. The van der Waals surface area contributed by atoms with E-state index in [4.69, 9.17) is 0 Å². The average Bonchev–Trinajstić information content (AvgIpc) is 2.21. The van der Waals surface area contributed by atoms with Crippen molar-refractivity contribution < 1.29 is 13.9 Å². The molecular weight excluding hydrogens is 212 g/mol. The highest BCUT2D eigenvalue weighted by atomic mass is 19.1. The predicted molar refractivity (Wildman–Crippen MR) is 59.2 cm³/mol. The third-order valence-electron chi connectivity index (χ3n) is 2.38. The summed E-state index contributed by atoms with van der Waals surface area (Å²) in [5.41, 5.74) is -1.22. The molecule has 4 heteroatoms. The standard InChI is InChI=1S/C12H17F2NO/c1-3-15-8-12(2,16)7-9-10(13)5-4-6-11(9)14/h4-6,15-16H,3,7-8H2,1-2H3. The molecule has 0 radical (unpaired) electrons. The first kappa shape index (κ1) is 13.1. The first-order valence-corrected chi connectivity index (χ1v) is 5.32. The number of hydrogen-bond acceptors (Lipinski definition) is 2. The Morgan fingerprint density at radius 1 is 1.31 bits per heavy atom. The smallest absolute Gasteiger partial charge is 0.129 e. The van der Waals surface area contributed by atoms with Crippen molar-refractivity contribution in [2.24, 2.45) is 0 Å². The molecule has 1 rings (SSSR count). The van der Waals surface area contributed by atoms with Gasteiger partial charge in [0.15, 0.2) is 0 Å². The molecular formula is C12H17F2NO. The van der Waals surface area contributed by atoms with Gasteiger partial charge in [-0.2, -0.15) is 0 Å². The Hall–Kier alpha value is -1.00. The lowest BCUT2D eigenvalue weighted by Crippen LogP contribution is -2.40. The molecule has 0 heterocycles. The van der Waals surface area contributed by atoms with E-state index in [9.17, 15) is 13.9 Å². The molecule has 2 N–H and O–H groups in total. The van der Waals surface area contributed by atoms with Crippen LogP contribution >= 0.6 is 0 Å². The number of aliphatic hydroxyl groups is 1. The molecule has 0 aliphatic rings. The van der Waals surface area contributed by atoms with Gasteiger partial charge in [0.25, 0.3) is 0 Å². The number of hydrogen-bond donors (Lipinski definition) is 2. The van der Waals surface area contributed by atoms with Crippen LogP contribution in [0, 0.1) is 11.6 Å². The molecule has 1 aromatic rings. The number of likely N-dealkylation sites (N-methyl/N-ethyl adjacent to an activating group) is 1. The molecule has 1 aromatic carbocycles. The Morgan fingerprint density at radius 3 is 2.38 bits per heavy atom. The Labute approximate surface area is 94.3 Å². The van der Waals surface area contributed by atoms with Crippen molar-refractivity contribution in [2.45, 2.75) is 25.9 Å². The average molecular weight is 229 g/mol. The maximum Gasteiger partial charge on any atom is 0.129 e. The topological polar surface area (TPSA) is 32.3 Å². The summed E-state index contributed by atoms with van der Waals surface area (Å²) < 4.78 is 26.7. The highest BCUT2D eigenvalue weighted by molar-refractivity contribution is 5.21. The fraction of sp³-hybridized carbons (Fsp3) is 0.500. The fourth-order valence-corrected chi connectivity index (χ4v) is 1.54. The van der Waals surface area contributed by atoms with Gasteiger partial charge in [-0.3, -0.25) is 0 Å². The van der Waals surface area contributed by atoms with Gasteiger partial charge in [-0.15, -0.1) is 0 Å². The van der Waals surface area contributed by atoms with Crippen LogP contribution in [0.2, 0.25) is 0 Å². The lowest BCUT2D eigenvalue weighted by atomic mass is 9.95. The van der Waals surface area contributed by atoms with Crippen molar-refractivity contribution in [1.29, 1.82) is 0 Å². The lowest BCUT2D eigenvalue weighted by molar-refractivity contribution is 0.0589. The van der Waals surface area contributed by atoms with Crippen LogP contribution < -0.4 is 5.32 Å². The van der Waals surface area contributed by atoms with E-state index in [0.717, 1.165) is 0 Å². The first-order chi connectivity index (χ1) is 7.46. The SMILES string of the molecule is CCNCC(C)(O)Cc1c(F)cccc1F. The Kier molecular flexibility index (Phi) is 4.38. The van der Waals surface area contributed by atoms with Crippen molar-refractivity contribution in [3.63, 3.8) is 0 Å². The molecule has 1 unspecified atom stereocenters. The molecule has 0 aromatic heterocycles. The Morgan fingerprint density at radius 2 is 1.88 bits per heavy atom. The van der Waals surface area contributed by atoms with Gasteiger partial charge in [0.1, 0.15) is 11.6 Å². The van der Waals surface area contributed by atoms with Gasteiger partial charge in [0.2, 0.25) is 0 Å². The van der Waals surface area contributed by atoms with Crippen LogP contribution in [0.3, 0.4) is 0 Å². The van der Waals surface area contributed by atoms with Crippen LogP contribution in [0.15, 0.2) is 18.2 Å². The van der Waals surface area contributed by atoms with Gasteiger partial charge in [0, 0.05) is 18.5 Å². The molecule has 0 aliphatic heterocycles. The van der Waals surface area contributed by atoms with Crippen molar-refractivity contribution in [3.8, 4) is 0 Å². The first-order valence-electron chi connectivity index (χ1n) is 5.32. The minimum absolute atomic E-state index is 0.0431. The maximum atomic E-state index is 13.3. The second kappa shape index (κ2) is 5.37. The van der Waals surface area contributed by atoms with Gasteiger partial charge in [-0.25, -0.2) is 8.78 Å². The quantitative estimate of drug-likeness (QED) is 0.807. The van der Waals surface area contributed by atoms with Gasteiger partial charge >= 0.3 is 0 Å². The zero-order chi connectivity index (χ0) is 12.2. The minimum Gasteiger partial charge on any atom is -0.389 e. The Balaban J connectivity index is 2.79. The van der Waals surface area contributed by atoms with E-state index in [0.29, 0.717) is 13.1 Å². The van der Waals surface area contributed by atoms with E-state index in [1.165, 1.54) is 18.2 Å². The molecule has 0 aliphatic carbocycles. The predicted octanol–water partition coefficient (Wildman–Crippen LogP) is 1.87.